The van der Waals surface area contributed by atoms with Crippen molar-refractivity contribution < 1.29 is 8.42 Å². The molecule has 2 aliphatic heterocycles. The molecule has 1 N–H and O–H groups in total. The second-order valence-electron chi connectivity index (χ2n) is 6.79. The Labute approximate surface area is 127 Å². The predicted molar refractivity (Wildman–Crippen MR) is 83.0 cm³/mol. The normalized spacial score (nSPS) is 28.2. The molecule has 2 unspecified atom stereocenters. The van der Waals surface area contributed by atoms with Gasteiger partial charge in [0.1, 0.15) is 0 Å². The van der Waals surface area contributed by atoms with Crippen LogP contribution in [0, 0.1) is 11.3 Å². The van der Waals surface area contributed by atoms with E-state index in [1.54, 1.807) is 0 Å². The number of sulfone groups is 1. The highest BCUT2D eigenvalue weighted by atomic mass is 32.2. The van der Waals surface area contributed by atoms with E-state index in [0.29, 0.717) is 17.5 Å². The van der Waals surface area contributed by atoms with E-state index >= 15 is 0 Å². The van der Waals surface area contributed by atoms with Gasteiger partial charge in [-0.05, 0) is 38.2 Å². The Kier molecular flexibility index (Phi) is 3.86. The maximum Gasteiger partial charge on any atom is 0.150 e. The van der Waals surface area contributed by atoms with Crippen LogP contribution in [0.3, 0.4) is 0 Å². The van der Waals surface area contributed by atoms with Crippen LogP contribution in [0.2, 0.25) is 0 Å². The molecule has 1 aromatic heterocycles. The lowest BCUT2D eigenvalue weighted by molar-refractivity contribution is 0.0909. The second-order valence-corrected chi connectivity index (χ2v) is 9.02. The number of nitrogens with zero attached hydrogens (tertiary/aromatic N) is 2. The standard InChI is InChI=1S/C15H25N3O2S/c1-3-12(2)18-6-4-14(17-18)8-15(10-16-11-15)13-5-7-21(19,20)9-13/h4,6,12-13,16H,3,5,7-11H2,1-2H3. The summed E-state index contributed by atoms with van der Waals surface area (Å²) in [7, 11) is -2.81. The maximum absolute atomic E-state index is 11.8. The highest BCUT2D eigenvalue weighted by molar-refractivity contribution is 7.91. The Hall–Kier alpha value is -0.880. The molecule has 3 heterocycles. The zero-order valence-electron chi connectivity index (χ0n) is 12.9. The monoisotopic (exact) mass is 311 g/mol. The number of aromatic nitrogens is 2. The minimum Gasteiger partial charge on any atom is -0.315 e. The van der Waals surface area contributed by atoms with Gasteiger partial charge in [0.15, 0.2) is 9.84 Å². The van der Waals surface area contributed by atoms with Gasteiger partial charge in [-0.3, -0.25) is 4.68 Å². The molecule has 2 atom stereocenters. The maximum atomic E-state index is 11.8. The molecule has 0 saturated carbocycles. The van der Waals surface area contributed by atoms with E-state index in [9.17, 15) is 8.42 Å². The van der Waals surface area contributed by atoms with Crippen LogP contribution < -0.4 is 5.32 Å². The van der Waals surface area contributed by atoms with Gasteiger partial charge in [-0.1, -0.05) is 6.92 Å². The molecule has 1 aromatic rings. The smallest absolute Gasteiger partial charge is 0.150 e. The Morgan fingerprint density at radius 2 is 2.29 bits per heavy atom. The Morgan fingerprint density at radius 1 is 1.52 bits per heavy atom. The Morgan fingerprint density at radius 3 is 2.81 bits per heavy atom. The van der Waals surface area contributed by atoms with Crippen LogP contribution in [-0.4, -0.2) is 42.8 Å². The molecular weight excluding hydrogens is 286 g/mol. The van der Waals surface area contributed by atoms with Crippen LogP contribution in [0.1, 0.15) is 38.4 Å². The fourth-order valence-electron chi connectivity index (χ4n) is 3.55. The lowest BCUT2D eigenvalue weighted by Crippen LogP contribution is -2.59. The highest BCUT2D eigenvalue weighted by Crippen LogP contribution is 2.41. The summed E-state index contributed by atoms with van der Waals surface area (Å²) in [5, 5.41) is 8.03. The molecule has 0 amide bonds. The van der Waals surface area contributed by atoms with E-state index in [1.165, 1.54) is 0 Å². The third kappa shape index (κ3) is 2.88. The van der Waals surface area contributed by atoms with Crippen molar-refractivity contribution >= 4 is 9.84 Å². The van der Waals surface area contributed by atoms with Crippen molar-refractivity contribution in [3.8, 4) is 0 Å². The molecule has 6 heteroatoms. The van der Waals surface area contributed by atoms with E-state index in [1.807, 2.05) is 4.68 Å². The molecule has 0 aromatic carbocycles. The zero-order chi connectivity index (χ0) is 15.1. The van der Waals surface area contributed by atoms with Crippen LogP contribution in [0.5, 0.6) is 0 Å². The van der Waals surface area contributed by atoms with Crippen LogP contribution in [0.15, 0.2) is 12.3 Å². The summed E-state index contributed by atoms with van der Waals surface area (Å²) in [6.07, 6.45) is 4.82. The fourth-order valence-corrected chi connectivity index (χ4v) is 5.49. The number of hydrogen-bond acceptors (Lipinski definition) is 4. The van der Waals surface area contributed by atoms with Crippen molar-refractivity contribution in [2.75, 3.05) is 24.6 Å². The third-order valence-electron chi connectivity index (χ3n) is 5.29. The van der Waals surface area contributed by atoms with Crippen LogP contribution in [0.25, 0.3) is 0 Å². The predicted octanol–water partition coefficient (Wildman–Crippen LogP) is 1.42. The minimum atomic E-state index is -2.81. The number of hydrogen-bond donors (Lipinski definition) is 1. The highest BCUT2D eigenvalue weighted by Gasteiger charge is 2.48. The zero-order valence-corrected chi connectivity index (χ0v) is 13.7. The summed E-state index contributed by atoms with van der Waals surface area (Å²) in [6.45, 7) is 6.17. The number of nitrogens with one attached hydrogen (secondary N) is 1. The first-order valence-electron chi connectivity index (χ1n) is 7.89. The van der Waals surface area contributed by atoms with Gasteiger partial charge >= 0.3 is 0 Å². The molecule has 0 radical (unpaired) electrons. The van der Waals surface area contributed by atoms with Crippen LogP contribution in [-0.2, 0) is 16.3 Å². The molecule has 2 saturated heterocycles. The van der Waals surface area contributed by atoms with Gasteiger partial charge in [0.2, 0.25) is 0 Å². The summed E-state index contributed by atoms with van der Waals surface area (Å²) in [5.41, 5.74) is 1.19. The first-order chi connectivity index (χ1) is 9.94. The van der Waals surface area contributed by atoms with Gasteiger partial charge in [-0.2, -0.15) is 5.10 Å². The molecule has 2 fully saturated rings. The first-order valence-corrected chi connectivity index (χ1v) is 9.71. The van der Waals surface area contributed by atoms with Crippen molar-refractivity contribution in [1.82, 2.24) is 15.1 Å². The summed E-state index contributed by atoms with van der Waals surface area (Å²) < 4.78 is 25.6. The Balaban J connectivity index is 1.74. The molecule has 21 heavy (non-hydrogen) atoms. The molecule has 3 rings (SSSR count). The fraction of sp³-hybridized carbons (Fsp3) is 0.800. The van der Waals surface area contributed by atoms with E-state index in [-0.39, 0.29) is 11.3 Å². The topological polar surface area (TPSA) is 64.0 Å². The molecule has 0 spiro atoms. The summed E-state index contributed by atoms with van der Waals surface area (Å²) >= 11 is 0. The second kappa shape index (κ2) is 5.39. The summed E-state index contributed by atoms with van der Waals surface area (Å²) in [6, 6.07) is 2.51. The molecule has 0 bridgehead atoms. The Bertz CT molecular complexity index is 604. The third-order valence-corrected chi connectivity index (χ3v) is 7.06. The van der Waals surface area contributed by atoms with Gasteiger partial charge in [0, 0.05) is 30.7 Å². The van der Waals surface area contributed by atoms with E-state index in [2.05, 4.69) is 31.4 Å². The van der Waals surface area contributed by atoms with Crippen LogP contribution >= 0.6 is 0 Å². The van der Waals surface area contributed by atoms with Gasteiger partial charge < -0.3 is 5.32 Å². The van der Waals surface area contributed by atoms with Crippen molar-refractivity contribution in [1.29, 1.82) is 0 Å². The first kappa shape index (κ1) is 15.0. The number of rotatable bonds is 5. The molecular formula is C15H25N3O2S. The van der Waals surface area contributed by atoms with E-state index in [4.69, 9.17) is 5.10 Å². The average molecular weight is 311 g/mol. The van der Waals surface area contributed by atoms with Crippen molar-refractivity contribution in [2.45, 2.75) is 39.2 Å². The van der Waals surface area contributed by atoms with Gasteiger partial charge in [-0.15, -0.1) is 0 Å². The van der Waals surface area contributed by atoms with Gasteiger partial charge in [-0.25, -0.2) is 8.42 Å². The lowest BCUT2D eigenvalue weighted by atomic mass is 9.67. The van der Waals surface area contributed by atoms with Crippen molar-refractivity contribution in [3.63, 3.8) is 0 Å². The molecule has 5 nitrogen and oxygen atoms in total. The average Bonchev–Trinajstić information content (AvgIpc) is 2.99. The molecule has 0 aliphatic carbocycles. The van der Waals surface area contributed by atoms with Gasteiger partial charge in [0.05, 0.1) is 17.2 Å². The minimum absolute atomic E-state index is 0.0954. The lowest BCUT2D eigenvalue weighted by Gasteiger charge is -2.46. The van der Waals surface area contributed by atoms with E-state index in [0.717, 1.165) is 38.0 Å². The van der Waals surface area contributed by atoms with Crippen molar-refractivity contribution in [3.05, 3.63) is 18.0 Å². The van der Waals surface area contributed by atoms with E-state index < -0.39 is 9.84 Å². The quantitative estimate of drug-likeness (QED) is 0.893. The summed E-state index contributed by atoms with van der Waals surface area (Å²) in [4.78, 5) is 0. The molecule has 2 aliphatic rings. The van der Waals surface area contributed by atoms with Gasteiger partial charge in [0.25, 0.3) is 0 Å². The molecule has 118 valence electrons. The van der Waals surface area contributed by atoms with Crippen molar-refractivity contribution in [2.24, 2.45) is 11.3 Å². The SMILES string of the molecule is CCC(C)n1ccc(CC2(C3CCS(=O)(=O)C3)CNC2)n1. The summed E-state index contributed by atoms with van der Waals surface area (Å²) in [5.74, 6) is 1.01. The van der Waals surface area contributed by atoms with Crippen LogP contribution in [0.4, 0.5) is 0 Å². The largest absolute Gasteiger partial charge is 0.315 e.